The number of benzene rings is 1. The summed E-state index contributed by atoms with van der Waals surface area (Å²) in [4.78, 5) is 7.70. The fraction of sp³-hybridized carbons (Fsp3) is 0.550. The summed E-state index contributed by atoms with van der Waals surface area (Å²) in [5, 5.41) is 0. The second-order valence-electron chi connectivity index (χ2n) is 8.18. The van der Waals surface area contributed by atoms with Gasteiger partial charge in [0.25, 0.3) is 0 Å². The minimum absolute atomic E-state index is 0.0347. The molecule has 0 amide bonds. The van der Waals surface area contributed by atoms with E-state index in [-0.39, 0.29) is 16.9 Å². The molecule has 3 saturated heterocycles. The van der Waals surface area contributed by atoms with Crippen molar-refractivity contribution in [3.8, 4) is 0 Å². The molecule has 1 spiro atoms. The predicted molar refractivity (Wildman–Crippen MR) is 90.2 cm³/mol. The van der Waals surface area contributed by atoms with E-state index in [1.54, 1.807) is 0 Å². The Balaban J connectivity index is 1.72. The van der Waals surface area contributed by atoms with Gasteiger partial charge in [-0.15, -0.1) is 6.58 Å². The Kier molecular flexibility index (Phi) is 2.12. The van der Waals surface area contributed by atoms with Gasteiger partial charge in [-0.3, -0.25) is 4.99 Å². The molecule has 6 atom stereocenters. The summed E-state index contributed by atoms with van der Waals surface area (Å²) in [5.41, 5.74) is 4.07. The van der Waals surface area contributed by atoms with E-state index in [1.807, 2.05) is 0 Å². The molecule has 0 aromatic heterocycles. The fourth-order valence-corrected chi connectivity index (χ4v) is 6.95. The monoisotopic (exact) mass is 306 g/mol. The highest BCUT2D eigenvalue weighted by molar-refractivity contribution is 6.07. The van der Waals surface area contributed by atoms with Crippen molar-refractivity contribution < 1.29 is 4.74 Å². The van der Waals surface area contributed by atoms with Gasteiger partial charge in [0.2, 0.25) is 0 Å². The predicted octanol–water partition coefficient (Wildman–Crippen LogP) is 2.94. The number of para-hydroxylation sites is 1. The molecule has 0 N–H and O–H groups in total. The van der Waals surface area contributed by atoms with Crippen molar-refractivity contribution in [2.75, 3.05) is 20.2 Å². The number of hydrogen-bond donors (Lipinski definition) is 0. The lowest BCUT2D eigenvalue weighted by molar-refractivity contribution is -0.190. The van der Waals surface area contributed by atoms with E-state index in [0.717, 1.165) is 19.6 Å². The molecule has 7 rings (SSSR count). The summed E-state index contributed by atoms with van der Waals surface area (Å²) in [7, 11) is 2.29. The molecule has 2 saturated carbocycles. The first-order chi connectivity index (χ1) is 11.2. The van der Waals surface area contributed by atoms with Crippen molar-refractivity contribution in [2.24, 2.45) is 22.2 Å². The van der Waals surface area contributed by atoms with Gasteiger partial charge in [-0.05, 0) is 37.4 Å². The number of rotatable bonds is 1. The molecule has 6 aliphatic rings. The van der Waals surface area contributed by atoms with Crippen LogP contribution in [0.15, 0.2) is 41.9 Å². The molecule has 5 bridgehead atoms. The second-order valence-corrected chi connectivity index (χ2v) is 8.18. The first-order valence-corrected chi connectivity index (χ1v) is 8.85. The van der Waals surface area contributed by atoms with Crippen molar-refractivity contribution in [1.29, 1.82) is 0 Å². The maximum absolute atomic E-state index is 6.32. The second kappa shape index (κ2) is 3.79. The normalized spacial score (nSPS) is 48.8. The van der Waals surface area contributed by atoms with Gasteiger partial charge in [-0.25, -0.2) is 0 Å². The zero-order valence-corrected chi connectivity index (χ0v) is 13.5. The third kappa shape index (κ3) is 1.15. The number of fused-ring (bicyclic) bond motifs is 4. The number of nitrogens with zero attached hydrogens (tertiary/aromatic N) is 2. The average molecular weight is 306 g/mol. The average Bonchev–Trinajstić information content (AvgIpc) is 2.90. The molecule has 118 valence electrons. The van der Waals surface area contributed by atoms with Gasteiger partial charge in [0.05, 0.1) is 29.5 Å². The molecule has 4 heterocycles. The van der Waals surface area contributed by atoms with Gasteiger partial charge < -0.3 is 9.64 Å². The van der Waals surface area contributed by atoms with Crippen LogP contribution in [0.3, 0.4) is 0 Å². The molecule has 4 aliphatic heterocycles. The Morgan fingerprint density at radius 2 is 2.26 bits per heavy atom. The quantitative estimate of drug-likeness (QED) is 0.745. The largest absolute Gasteiger partial charge is 0.372 e. The summed E-state index contributed by atoms with van der Waals surface area (Å²) >= 11 is 0. The fourth-order valence-electron chi connectivity index (χ4n) is 6.95. The molecule has 2 aliphatic carbocycles. The maximum atomic E-state index is 6.32. The SMILES string of the molecule is C=C[C@@]12CN(C)C3CC14C(=Nc1ccccc14)[C@H]1C[C@H]2C3CO1. The zero-order chi connectivity index (χ0) is 15.4. The van der Waals surface area contributed by atoms with Crippen LogP contribution in [0, 0.1) is 17.3 Å². The Bertz CT molecular complexity index is 771. The van der Waals surface area contributed by atoms with Crippen molar-refractivity contribution >= 4 is 11.4 Å². The van der Waals surface area contributed by atoms with Crippen LogP contribution >= 0.6 is 0 Å². The third-order valence-electron chi connectivity index (χ3n) is 7.73. The molecular formula is C20H22N2O. The number of aliphatic imine (C=N–C) groups is 1. The Morgan fingerprint density at radius 1 is 1.39 bits per heavy atom. The Morgan fingerprint density at radius 3 is 3.13 bits per heavy atom. The first-order valence-electron chi connectivity index (χ1n) is 8.85. The first kappa shape index (κ1) is 12.9. The van der Waals surface area contributed by atoms with Crippen LogP contribution in [0.5, 0.6) is 0 Å². The van der Waals surface area contributed by atoms with E-state index in [1.165, 1.54) is 23.4 Å². The molecule has 5 fully saturated rings. The minimum Gasteiger partial charge on any atom is -0.372 e. The molecule has 23 heavy (non-hydrogen) atoms. The van der Waals surface area contributed by atoms with Gasteiger partial charge in [0.1, 0.15) is 0 Å². The zero-order valence-electron chi connectivity index (χ0n) is 13.5. The molecular weight excluding hydrogens is 284 g/mol. The van der Waals surface area contributed by atoms with Gasteiger partial charge in [0.15, 0.2) is 0 Å². The summed E-state index contributed by atoms with van der Waals surface area (Å²) in [6, 6.07) is 9.39. The van der Waals surface area contributed by atoms with Crippen LogP contribution in [0.4, 0.5) is 5.69 Å². The van der Waals surface area contributed by atoms with E-state index in [0.29, 0.717) is 17.9 Å². The molecule has 0 radical (unpaired) electrons. The summed E-state index contributed by atoms with van der Waals surface area (Å²) in [6.45, 7) is 6.37. The van der Waals surface area contributed by atoms with Crippen LogP contribution in [0.1, 0.15) is 18.4 Å². The lowest BCUT2D eigenvalue weighted by atomic mass is 9.38. The van der Waals surface area contributed by atoms with Crippen molar-refractivity contribution in [1.82, 2.24) is 4.90 Å². The Hall–Kier alpha value is -1.45. The van der Waals surface area contributed by atoms with Crippen LogP contribution < -0.4 is 0 Å². The summed E-state index contributed by atoms with van der Waals surface area (Å²) in [6.07, 6.45) is 4.85. The van der Waals surface area contributed by atoms with Crippen molar-refractivity contribution in [3.05, 3.63) is 42.5 Å². The van der Waals surface area contributed by atoms with Gasteiger partial charge >= 0.3 is 0 Å². The van der Waals surface area contributed by atoms with Gasteiger partial charge in [0, 0.05) is 23.9 Å². The highest BCUT2D eigenvalue weighted by atomic mass is 16.5. The highest BCUT2D eigenvalue weighted by Crippen LogP contribution is 2.70. The molecule has 1 aromatic carbocycles. The third-order valence-corrected chi connectivity index (χ3v) is 7.73. The molecule has 3 unspecified atom stereocenters. The minimum atomic E-state index is 0.0347. The smallest absolute Gasteiger partial charge is 0.0968 e. The van der Waals surface area contributed by atoms with Crippen molar-refractivity contribution in [2.45, 2.75) is 30.4 Å². The summed E-state index contributed by atoms with van der Waals surface area (Å²) < 4.78 is 6.32. The van der Waals surface area contributed by atoms with Gasteiger partial charge in [-0.2, -0.15) is 0 Å². The number of piperidine rings is 2. The number of hydrogen-bond acceptors (Lipinski definition) is 3. The van der Waals surface area contributed by atoms with Gasteiger partial charge in [-0.1, -0.05) is 24.3 Å². The van der Waals surface area contributed by atoms with E-state index in [2.05, 4.69) is 48.9 Å². The molecule has 3 heteroatoms. The topological polar surface area (TPSA) is 24.8 Å². The van der Waals surface area contributed by atoms with Crippen LogP contribution in [0.25, 0.3) is 0 Å². The van der Waals surface area contributed by atoms with Crippen LogP contribution in [0.2, 0.25) is 0 Å². The van der Waals surface area contributed by atoms with E-state index in [4.69, 9.17) is 9.73 Å². The van der Waals surface area contributed by atoms with E-state index >= 15 is 0 Å². The van der Waals surface area contributed by atoms with Crippen molar-refractivity contribution in [3.63, 3.8) is 0 Å². The molecule has 3 nitrogen and oxygen atoms in total. The lowest BCUT2D eigenvalue weighted by Gasteiger charge is -2.72. The van der Waals surface area contributed by atoms with E-state index in [9.17, 15) is 0 Å². The van der Waals surface area contributed by atoms with Crippen LogP contribution in [-0.4, -0.2) is 43.0 Å². The number of ether oxygens (including phenoxy) is 1. The maximum Gasteiger partial charge on any atom is 0.0968 e. The Labute approximate surface area is 137 Å². The van der Waals surface area contributed by atoms with Crippen LogP contribution in [-0.2, 0) is 10.2 Å². The molecule has 1 aromatic rings. The standard InChI is InChI=1S/C20H22N2O/c1-3-19-11-22(2)16-9-20(19)13-6-4-5-7-15(13)21-18(20)17-8-14(19)12(16)10-23-17/h3-7,12,14,16-17H,1,8-11H2,2H3/t12?,14-,16?,17+,19-,20?/m0/s1. The van der Waals surface area contributed by atoms with E-state index < -0.39 is 0 Å². The highest BCUT2D eigenvalue weighted by Gasteiger charge is 2.74. The summed E-state index contributed by atoms with van der Waals surface area (Å²) in [5.74, 6) is 1.35. The lowest BCUT2D eigenvalue weighted by Crippen LogP contribution is -2.78.